The van der Waals surface area contributed by atoms with Crippen molar-refractivity contribution in [1.29, 1.82) is 0 Å². The van der Waals surface area contributed by atoms with E-state index >= 15 is 0 Å². The van der Waals surface area contributed by atoms with E-state index in [1.165, 1.54) is 0 Å². The SMILES string of the molecule is C/C(Nc1ccn(CCC(C)O)n1)=C1/C(=O)Nc2cnc(-c3cnccc3C)cc21. The Balaban J connectivity index is 1.64. The summed E-state index contributed by atoms with van der Waals surface area (Å²) in [7, 11) is 0. The van der Waals surface area contributed by atoms with Gasteiger partial charge in [-0.1, -0.05) is 0 Å². The molecule has 1 aliphatic rings. The van der Waals surface area contributed by atoms with Crippen molar-refractivity contribution in [2.24, 2.45) is 0 Å². The number of amides is 1. The lowest BCUT2D eigenvalue weighted by Crippen LogP contribution is -2.10. The van der Waals surface area contributed by atoms with Gasteiger partial charge >= 0.3 is 0 Å². The number of nitrogens with one attached hydrogen (secondary N) is 2. The summed E-state index contributed by atoms with van der Waals surface area (Å²) in [5.41, 5.74) is 5.51. The topological polar surface area (TPSA) is 105 Å². The first kappa shape index (κ1) is 19.8. The number of aryl methyl sites for hydroxylation is 2. The number of rotatable bonds is 6. The fraction of sp³-hybridized carbons (Fsp3) is 0.273. The number of carbonyl (C=O) groups excluding carboxylic acids is 1. The molecule has 4 rings (SSSR count). The van der Waals surface area contributed by atoms with Gasteiger partial charge in [-0.2, -0.15) is 5.10 Å². The van der Waals surface area contributed by atoms with Crippen LogP contribution in [0.15, 0.2) is 48.7 Å². The molecule has 0 saturated heterocycles. The van der Waals surface area contributed by atoms with E-state index in [-0.39, 0.29) is 12.0 Å². The van der Waals surface area contributed by atoms with Gasteiger partial charge in [0.05, 0.1) is 29.3 Å². The smallest absolute Gasteiger partial charge is 0.258 e. The van der Waals surface area contributed by atoms with E-state index in [1.807, 2.05) is 38.2 Å². The molecular formula is C22H24N6O2. The molecule has 0 saturated carbocycles. The number of aliphatic hydroxyl groups is 1. The molecule has 0 radical (unpaired) electrons. The quantitative estimate of drug-likeness (QED) is 0.545. The Labute approximate surface area is 174 Å². The summed E-state index contributed by atoms with van der Waals surface area (Å²) in [4.78, 5) is 21.4. The minimum atomic E-state index is -0.376. The highest BCUT2D eigenvalue weighted by Crippen LogP contribution is 2.36. The van der Waals surface area contributed by atoms with Gasteiger partial charge in [0.1, 0.15) is 0 Å². The van der Waals surface area contributed by atoms with E-state index in [0.29, 0.717) is 35.7 Å². The van der Waals surface area contributed by atoms with Crippen LogP contribution in [0.1, 0.15) is 31.4 Å². The molecule has 8 nitrogen and oxygen atoms in total. The number of hydrogen-bond acceptors (Lipinski definition) is 6. The first-order chi connectivity index (χ1) is 14.4. The molecule has 1 atom stereocenters. The largest absolute Gasteiger partial charge is 0.393 e. The van der Waals surface area contributed by atoms with Crippen LogP contribution in [0.3, 0.4) is 0 Å². The van der Waals surface area contributed by atoms with Crippen molar-refractivity contribution < 1.29 is 9.90 Å². The molecule has 154 valence electrons. The van der Waals surface area contributed by atoms with Crippen LogP contribution in [0, 0.1) is 6.92 Å². The zero-order valence-corrected chi connectivity index (χ0v) is 17.2. The van der Waals surface area contributed by atoms with Crippen LogP contribution in [0.5, 0.6) is 0 Å². The van der Waals surface area contributed by atoms with Crippen molar-refractivity contribution in [2.75, 3.05) is 10.6 Å². The summed E-state index contributed by atoms with van der Waals surface area (Å²) >= 11 is 0. The lowest BCUT2D eigenvalue weighted by molar-refractivity contribution is -0.110. The maximum absolute atomic E-state index is 12.7. The fourth-order valence-corrected chi connectivity index (χ4v) is 3.45. The number of hydrogen-bond donors (Lipinski definition) is 3. The average molecular weight is 404 g/mol. The summed E-state index contributed by atoms with van der Waals surface area (Å²) in [5.74, 6) is 0.467. The lowest BCUT2D eigenvalue weighted by Gasteiger charge is -2.09. The van der Waals surface area contributed by atoms with Crippen molar-refractivity contribution in [3.8, 4) is 11.3 Å². The van der Waals surface area contributed by atoms with Gasteiger partial charge in [0.2, 0.25) is 0 Å². The predicted octanol–water partition coefficient (Wildman–Crippen LogP) is 3.21. The van der Waals surface area contributed by atoms with Crippen molar-refractivity contribution in [1.82, 2.24) is 19.7 Å². The molecule has 30 heavy (non-hydrogen) atoms. The van der Waals surface area contributed by atoms with Gasteiger partial charge in [0, 0.05) is 48.0 Å². The van der Waals surface area contributed by atoms with Crippen LogP contribution in [-0.2, 0) is 11.3 Å². The predicted molar refractivity (Wildman–Crippen MR) is 116 cm³/mol. The van der Waals surface area contributed by atoms with E-state index in [1.54, 1.807) is 30.2 Å². The summed E-state index contributed by atoms with van der Waals surface area (Å²) in [6.45, 7) is 6.24. The molecule has 0 aliphatic carbocycles. The Hall–Kier alpha value is -3.52. The standard InChI is InChI=1S/C22H24N6O2/c1-13-4-7-23-11-17(13)18-10-16-19(12-24-18)26-22(30)21(16)15(3)25-20-6-9-28(27-20)8-5-14(2)29/h4,6-7,9-12,14,29H,5,8H2,1-3H3,(H,25,27)(H,26,30)/b21-15-. The van der Waals surface area contributed by atoms with Crippen molar-refractivity contribution in [3.63, 3.8) is 0 Å². The van der Waals surface area contributed by atoms with Crippen molar-refractivity contribution >= 4 is 23.0 Å². The normalized spacial score (nSPS) is 15.5. The molecule has 0 fully saturated rings. The molecule has 0 bridgehead atoms. The highest BCUT2D eigenvalue weighted by molar-refractivity contribution is 6.32. The van der Waals surface area contributed by atoms with Crippen molar-refractivity contribution in [3.05, 3.63) is 59.8 Å². The van der Waals surface area contributed by atoms with E-state index in [4.69, 9.17) is 0 Å². The Kier molecular flexibility index (Phi) is 5.33. The monoisotopic (exact) mass is 404 g/mol. The number of allylic oxidation sites excluding steroid dienone is 1. The fourth-order valence-electron chi connectivity index (χ4n) is 3.45. The third-order valence-electron chi connectivity index (χ3n) is 5.07. The second kappa shape index (κ2) is 8.08. The molecule has 1 aliphatic heterocycles. The summed E-state index contributed by atoms with van der Waals surface area (Å²) in [5, 5.41) is 20.0. The highest BCUT2D eigenvalue weighted by atomic mass is 16.3. The summed E-state index contributed by atoms with van der Waals surface area (Å²) in [6.07, 6.45) is 7.30. The third-order valence-corrected chi connectivity index (χ3v) is 5.07. The Morgan fingerprint density at radius 2 is 2.13 bits per heavy atom. The molecule has 3 aromatic rings. The first-order valence-electron chi connectivity index (χ1n) is 9.84. The van der Waals surface area contributed by atoms with Gasteiger partial charge in [-0.15, -0.1) is 0 Å². The number of anilines is 2. The zero-order valence-electron chi connectivity index (χ0n) is 17.2. The molecule has 0 spiro atoms. The molecule has 4 heterocycles. The number of aliphatic hydroxyl groups excluding tert-OH is 1. The second-order valence-corrected chi connectivity index (χ2v) is 7.49. The number of nitrogens with zero attached hydrogens (tertiary/aromatic N) is 4. The molecule has 1 unspecified atom stereocenters. The van der Waals surface area contributed by atoms with Gasteiger partial charge in [-0.25, -0.2) is 0 Å². The molecule has 0 aromatic carbocycles. The number of carbonyl (C=O) groups is 1. The number of pyridine rings is 2. The number of fused-ring (bicyclic) bond motifs is 1. The van der Waals surface area contributed by atoms with Gasteiger partial charge in [0.15, 0.2) is 5.82 Å². The number of aromatic nitrogens is 4. The van der Waals surface area contributed by atoms with Crippen LogP contribution in [0.25, 0.3) is 16.8 Å². The van der Waals surface area contributed by atoms with Crippen LogP contribution in [-0.4, -0.2) is 36.9 Å². The lowest BCUT2D eigenvalue weighted by atomic mass is 10.0. The zero-order chi connectivity index (χ0) is 21.3. The maximum Gasteiger partial charge on any atom is 0.258 e. The molecular weight excluding hydrogens is 380 g/mol. The summed E-state index contributed by atoms with van der Waals surface area (Å²) in [6, 6.07) is 5.70. The molecule has 3 aromatic heterocycles. The first-order valence-corrected chi connectivity index (χ1v) is 9.84. The molecule has 8 heteroatoms. The van der Waals surface area contributed by atoms with E-state index in [2.05, 4.69) is 25.7 Å². The Morgan fingerprint density at radius 1 is 1.30 bits per heavy atom. The third kappa shape index (κ3) is 3.95. The Morgan fingerprint density at radius 3 is 2.90 bits per heavy atom. The summed E-state index contributed by atoms with van der Waals surface area (Å²) < 4.78 is 1.77. The van der Waals surface area contributed by atoms with Gasteiger partial charge in [0.25, 0.3) is 5.91 Å². The second-order valence-electron chi connectivity index (χ2n) is 7.49. The van der Waals surface area contributed by atoms with E-state index in [9.17, 15) is 9.90 Å². The van der Waals surface area contributed by atoms with Gasteiger partial charge in [-0.05, 0) is 44.9 Å². The van der Waals surface area contributed by atoms with Crippen LogP contribution in [0.4, 0.5) is 11.5 Å². The van der Waals surface area contributed by atoms with Crippen LogP contribution < -0.4 is 10.6 Å². The van der Waals surface area contributed by atoms with Crippen molar-refractivity contribution in [2.45, 2.75) is 39.8 Å². The van der Waals surface area contributed by atoms with Gasteiger partial charge in [-0.3, -0.25) is 19.4 Å². The molecule has 3 N–H and O–H groups in total. The van der Waals surface area contributed by atoms with Crippen LogP contribution in [0.2, 0.25) is 0 Å². The molecule has 1 amide bonds. The van der Waals surface area contributed by atoms with Gasteiger partial charge < -0.3 is 15.7 Å². The van der Waals surface area contributed by atoms with E-state index < -0.39 is 0 Å². The van der Waals surface area contributed by atoms with Crippen LogP contribution >= 0.6 is 0 Å². The van der Waals surface area contributed by atoms with E-state index in [0.717, 1.165) is 22.4 Å². The minimum Gasteiger partial charge on any atom is -0.393 e. The highest BCUT2D eigenvalue weighted by Gasteiger charge is 2.27. The maximum atomic E-state index is 12.7. The minimum absolute atomic E-state index is 0.176. The Bertz CT molecular complexity index is 1130. The average Bonchev–Trinajstić information content (AvgIpc) is 3.29.